The van der Waals surface area contributed by atoms with Crippen LogP contribution in [0.25, 0.3) is 0 Å². The van der Waals surface area contributed by atoms with Crippen LogP contribution in [0.3, 0.4) is 0 Å². The molecule has 0 unspecified atom stereocenters. The van der Waals surface area contributed by atoms with Crippen LogP contribution in [0.1, 0.15) is 10.4 Å². The molecule has 14 heavy (non-hydrogen) atoms. The van der Waals surface area contributed by atoms with Crippen LogP contribution in [0.15, 0.2) is 18.2 Å². The first kappa shape index (κ1) is 10.0. The third kappa shape index (κ3) is 2.22. The molecular formula is C9H8O5. The lowest BCUT2D eigenvalue weighted by Gasteiger charge is -2.05. The van der Waals surface area contributed by atoms with Crippen molar-refractivity contribution in [1.82, 2.24) is 0 Å². The van der Waals surface area contributed by atoms with Crippen molar-refractivity contribution in [1.29, 1.82) is 0 Å². The molecular weight excluding hydrogens is 188 g/mol. The molecule has 0 saturated heterocycles. The van der Waals surface area contributed by atoms with E-state index in [2.05, 4.69) is 4.74 Å². The molecule has 5 nitrogen and oxygen atoms in total. The van der Waals surface area contributed by atoms with Gasteiger partial charge in [0.05, 0.1) is 12.7 Å². The standard InChI is InChI=1S/C9H8O5/c1-13-8-4-7(14-9(11)12)3-2-6(8)5-10/h2-5H,1H3,(H,11,12). The predicted octanol–water partition coefficient (Wildman–Crippen LogP) is 1.56. The number of ether oxygens (including phenoxy) is 2. The van der Waals surface area contributed by atoms with E-state index in [0.29, 0.717) is 11.8 Å². The molecule has 1 rings (SSSR count). The highest BCUT2D eigenvalue weighted by atomic mass is 16.7. The Bertz CT molecular complexity index is 358. The van der Waals surface area contributed by atoms with E-state index in [1.54, 1.807) is 0 Å². The van der Waals surface area contributed by atoms with Gasteiger partial charge in [0.15, 0.2) is 6.29 Å². The van der Waals surface area contributed by atoms with Gasteiger partial charge in [-0.3, -0.25) is 4.79 Å². The Kier molecular flexibility index (Phi) is 3.06. The Labute approximate surface area is 79.9 Å². The average Bonchev–Trinajstić information content (AvgIpc) is 2.16. The zero-order valence-electron chi connectivity index (χ0n) is 7.39. The van der Waals surface area contributed by atoms with Crippen molar-refractivity contribution < 1.29 is 24.2 Å². The molecule has 5 heteroatoms. The number of carbonyl (C=O) groups is 2. The smallest absolute Gasteiger partial charge is 0.496 e. The largest absolute Gasteiger partial charge is 0.511 e. The molecule has 1 aromatic rings. The van der Waals surface area contributed by atoms with Crippen LogP contribution in [0.4, 0.5) is 4.79 Å². The predicted molar refractivity (Wildman–Crippen MR) is 47.0 cm³/mol. The normalized spacial score (nSPS) is 9.21. The number of benzene rings is 1. The minimum absolute atomic E-state index is 0.111. The lowest BCUT2D eigenvalue weighted by molar-refractivity contribution is 0.112. The molecule has 0 fully saturated rings. The molecule has 1 aromatic carbocycles. The highest BCUT2D eigenvalue weighted by Crippen LogP contribution is 2.23. The molecule has 0 saturated carbocycles. The minimum atomic E-state index is -1.41. The van der Waals surface area contributed by atoms with Crippen molar-refractivity contribution in [3.63, 3.8) is 0 Å². The highest BCUT2D eigenvalue weighted by Gasteiger charge is 2.06. The van der Waals surface area contributed by atoms with E-state index in [1.807, 2.05) is 0 Å². The molecule has 0 atom stereocenters. The minimum Gasteiger partial charge on any atom is -0.496 e. The van der Waals surface area contributed by atoms with Crippen molar-refractivity contribution in [3.05, 3.63) is 23.8 Å². The van der Waals surface area contributed by atoms with Gasteiger partial charge < -0.3 is 14.6 Å². The molecule has 0 heterocycles. The summed E-state index contributed by atoms with van der Waals surface area (Å²) in [7, 11) is 1.38. The van der Waals surface area contributed by atoms with E-state index in [-0.39, 0.29) is 11.5 Å². The monoisotopic (exact) mass is 196 g/mol. The molecule has 0 bridgehead atoms. The van der Waals surface area contributed by atoms with E-state index in [4.69, 9.17) is 9.84 Å². The summed E-state index contributed by atoms with van der Waals surface area (Å²) < 4.78 is 9.23. The lowest BCUT2D eigenvalue weighted by Crippen LogP contribution is -2.03. The zero-order valence-corrected chi connectivity index (χ0v) is 7.39. The second-order valence-corrected chi connectivity index (χ2v) is 2.39. The van der Waals surface area contributed by atoms with Gasteiger partial charge in [0, 0.05) is 6.07 Å². The second-order valence-electron chi connectivity index (χ2n) is 2.39. The zero-order chi connectivity index (χ0) is 10.6. The van der Waals surface area contributed by atoms with Gasteiger partial charge in [0.2, 0.25) is 0 Å². The summed E-state index contributed by atoms with van der Waals surface area (Å²) in [6.45, 7) is 0. The number of carboxylic acid groups (broad SMARTS) is 1. The fourth-order valence-corrected chi connectivity index (χ4v) is 0.953. The quantitative estimate of drug-likeness (QED) is 0.451. The Morgan fingerprint density at radius 2 is 2.21 bits per heavy atom. The number of hydrogen-bond donors (Lipinski definition) is 1. The molecule has 0 aliphatic heterocycles. The van der Waals surface area contributed by atoms with Crippen LogP contribution in [-0.4, -0.2) is 24.7 Å². The van der Waals surface area contributed by atoms with Crippen LogP contribution >= 0.6 is 0 Å². The lowest BCUT2D eigenvalue weighted by atomic mass is 10.2. The summed E-state index contributed by atoms with van der Waals surface area (Å²) in [5.41, 5.74) is 0.338. The summed E-state index contributed by atoms with van der Waals surface area (Å²) in [5, 5.41) is 8.32. The maximum atomic E-state index is 10.5. The molecule has 0 aromatic heterocycles. The summed E-state index contributed by atoms with van der Waals surface area (Å²) in [6, 6.07) is 4.13. The second kappa shape index (κ2) is 4.27. The first-order valence-corrected chi connectivity index (χ1v) is 3.71. The fourth-order valence-electron chi connectivity index (χ4n) is 0.953. The number of aldehydes is 1. The van der Waals surface area contributed by atoms with E-state index in [9.17, 15) is 9.59 Å². The van der Waals surface area contributed by atoms with Crippen molar-refractivity contribution in [2.75, 3.05) is 7.11 Å². The van der Waals surface area contributed by atoms with E-state index >= 15 is 0 Å². The molecule has 0 amide bonds. The van der Waals surface area contributed by atoms with E-state index < -0.39 is 6.16 Å². The molecule has 0 aliphatic carbocycles. The molecule has 74 valence electrons. The Balaban J connectivity index is 3.01. The van der Waals surface area contributed by atoms with Crippen LogP contribution in [0.2, 0.25) is 0 Å². The Morgan fingerprint density at radius 1 is 1.50 bits per heavy atom. The Morgan fingerprint density at radius 3 is 2.71 bits per heavy atom. The van der Waals surface area contributed by atoms with Crippen LogP contribution in [0, 0.1) is 0 Å². The number of methoxy groups -OCH3 is 1. The Hall–Kier alpha value is -2.04. The van der Waals surface area contributed by atoms with Crippen molar-refractivity contribution in [2.45, 2.75) is 0 Å². The summed E-state index contributed by atoms with van der Waals surface area (Å²) in [4.78, 5) is 20.7. The molecule has 0 aliphatic rings. The maximum absolute atomic E-state index is 10.5. The van der Waals surface area contributed by atoms with Gasteiger partial charge in [-0.15, -0.1) is 0 Å². The molecule has 0 radical (unpaired) electrons. The van der Waals surface area contributed by atoms with Gasteiger partial charge in [0.25, 0.3) is 0 Å². The van der Waals surface area contributed by atoms with Crippen LogP contribution in [-0.2, 0) is 0 Å². The van der Waals surface area contributed by atoms with Gasteiger partial charge in [-0.2, -0.15) is 0 Å². The van der Waals surface area contributed by atoms with Gasteiger partial charge in [-0.25, -0.2) is 4.79 Å². The van der Waals surface area contributed by atoms with Gasteiger partial charge >= 0.3 is 6.16 Å². The van der Waals surface area contributed by atoms with Gasteiger partial charge in [-0.1, -0.05) is 0 Å². The topological polar surface area (TPSA) is 72.8 Å². The van der Waals surface area contributed by atoms with E-state index in [1.165, 1.54) is 25.3 Å². The number of carbonyl (C=O) groups excluding carboxylic acids is 1. The maximum Gasteiger partial charge on any atom is 0.511 e. The third-order valence-corrected chi connectivity index (χ3v) is 1.54. The molecule has 0 spiro atoms. The van der Waals surface area contributed by atoms with Gasteiger partial charge in [0.1, 0.15) is 11.5 Å². The average molecular weight is 196 g/mol. The highest BCUT2D eigenvalue weighted by molar-refractivity contribution is 5.80. The molecule has 1 N–H and O–H groups in total. The van der Waals surface area contributed by atoms with Crippen molar-refractivity contribution >= 4 is 12.4 Å². The first-order chi connectivity index (χ1) is 6.67. The first-order valence-electron chi connectivity index (χ1n) is 3.71. The number of hydrogen-bond acceptors (Lipinski definition) is 4. The third-order valence-electron chi connectivity index (χ3n) is 1.54. The van der Waals surface area contributed by atoms with Crippen molar-refractivity contribution in [2.24, 2.45) is 0 Å². The van der Waals surface area contributed by atoms with Gasteiger partial charge in [-0.05, 0) is 12.1 Å². The van der Waals surface area contributed by atoms with Crippen LogP contribution < -0.4 is 9.47 Å². The SMILES string of the molecule is COc1cc(OC(=O)O)ccc1C=O. The van der Waals surface area contributed by atoms with Crippen molar-refractivity contribution in [3.8, 4) is 11.5 Å². The summed E-state index contributed by atoms with van der Waals surface area (Å²) in [6.07, 6.45) is -0.797. The summed E-state index contributed by atoms with van der Waals surface area (Å²) >= 11 is 0. The fraction of sp³-hybridized carbons (Fsp3) is 0.111. The van der Waals surface area contributed by atoms with E-state index in [0.717, 1.165) is 0 Å². The van der Waals surface area contributed by atoms with Crippen LogP contribution in [0.5, 0.6) is 11.5 Å². The summed E-state index contributed by atoms with van der Waals surface area (Å²) in [5.74, 6) is 0.388. The number of rotatable bonds is 3.